The molecule has 0 aliphatic carbocycles. The number of nitrogens with two attached hydrogens (primary N) is 1. The third kappa shape index (κ3) is 2.74. The maximum Gasteiger partial charge on any atom is 0.151 e. The van der Waals surface area contributed by atoms with Gasteiger partial charge in [-0.2, -0.15) is 0 Å². The molecule has 0 aliphatic heterocycles. The molecule has 0 bridgehead atoms. The Morgan fingerprint density at radius 1 is 1.71 bits per heavy atom. The molecule has 0 unspecified atom stereocenters. The SMILES string of the molecule is CN/C(C)=C\C(=N/CN)c1ccco1. The Balaban J connectivity index is 2.92. The van der Waals surface area contributed by atoms with Gasteiger partial charge in [0, 0.05) is 12.7 Å². The monoisotopic (exact) mass is 193 g/mol. The molecule has 0 aliphatic rings. The average Bonchev–Trinajstić information content (AvgIpc) is 2.69. The summed E-state index contributed by atoms with van der Waals surface area (Å²) in [4.78, 5) is 4.14. The van der Waals surface area contributed by atoms with Gasteiger partial charge in [-0.05, 0) is 25.1 Å². The minimum atomic E-state index is 0.253. The van der Waals surface area contributed by atoms with Crippen LogP contribution in [0.25, 0.3) is 0 Å². The van der Waals surface area contributed by atoms with Crippen LogP contribution in [0, 0.1) is 0 Å². The Morgan fingerprint density at radius 3 is 3.00 bits per heavy atom. The van der Waals surface area contributed by atoms with Crippen molar-refractivity contribution in [3.8, 4) is 0 Å². The number of furan rings is 1. The van der Waals surface area contributed by atoms with Gasteiger partial charge in [-0.3, -0.25) is 4.99 Å². The Morgan fingerprint density at radius 2 is 2.50 bits per heavy atom. The predicted molar refractivity (Wildman–Crippen MR) is 57.1 cm³/mol. The van der Waals surface area contributed by atoms with Crippen LogP contribution in [0.4, 0.5) is 0 Å². The van der Waals surface area contributed by atoms with E-state index in [1.54, 1.807) is 6.26 Å². The molecular formula is C10H15N3O. The summed E-state index contributed by atoms with van der Waals surface area (Å²) in [6.45, 7) is 2.21. The average molecular weight is 193 g/mol. The van der Waals surface area contributed by atoms with E-state index in [2.05, 4.69) is 10.3 Å². The highest BCUT2D eigenvalue weighted by Crippen LogP contribution is 2.04. The summed E-state index contributed by atoms with van der Waals surface area (Å²) in [6, 6.07) is 3.68. The lowest BCUT2D eigenvalue weighted by molar-refractivity contribution is 0.558. The van der Waals surface area contributed by atoms with Gasteiger partial charge in [0.25, 0.3) is 0 Å². The fourth-order valence-electron chi connectivity index (χ4n) is 0.995. The van der Waals surface area contributed by atoms with E-state index < -0.39 is 0 Å². The van der Waals surface area contributed by atoms with Gasteiger partial charge in [0.2, 0.25) is 0 Å². The quantitative estimate of drug-likeness (QED) is 0.704. The van der Waals surface area contributed by atoms with Gasteiger partial charge in [-0.15, -0.1) is 0 Å². The van der Waals surface area contributed by atoms with Gasteiger partial charge >= 0.3 is 0 Å². The summed E-state index contributed by atoms with van der Waals surface area (Å²) in [5.74, 6) is 0.727. The molecule has 0 spiro atoms. The molecule has 1 heterocycles. The Hall–Kier alpha value is -1.55. The lowest BCUT2D eigenvalue weighted by Gasteiger charge is -2.00. The van der Waals surface area contributed by atoms with E-state index in [0.29, 0.717) is 0 Å². The second-order valence-electron chi connectivity index (χ2n) is 2.78. The van der Waals surface area contributed by atoms with Crippen LogP contribution in [0.1, 0.15) is 12.7 Å². The van der Waals surface area contributed by atoms with E-state index in [4.69, 9.17) is 10.2 Å². The molecule has 0 saturated heterocycles. The molecule has 0 saturated carbocycles. The molecule has 4 nitrogen and oxygen atoms in total. The van der Waals surface area contributed by atoms with Crippen LogP contribution in [0.15, 0.2) is 39.6 Å². The van der Waals surface area contributed by atoms with Gasteiger partial charge in [0.1, 0.15) is 5.71 Å². The van der Waals surface area contributed by atoms with Crippen LogP contribution < -0.4 is 11.1 Å². The number of hydrogen-bond acceptors (Lipinski definition) is 4. The van der Waals surface area contributed by atoms with Crippen LogP contribution in [0.3, 0.4) is 0 Å². The van der Waals surface area contributed by atoms with Crippen molar-refractivity contribution >= 4 is 5.71 Å². The van der Waals surface area contributed by atoms with E-state index in [1.807, 2.05) is 32.2 Å². The van der Waals surface area contributed by atoms with Crippen molar-refractivity contribution in [3.05, 3.63) is 35.9 Å². The van der Waals surface area contributed by atoms with Crippen LogP contribution in [-0.4, -0.2) is 19.4 Å². The molecule has 0 atom stereocenters. The molecule has 14 heavy (non-hydrogen) atoms. The fraction of sp³-hybridized carbons (Fsp3) is 0.300. The lowest BCUT2D eigenvalue weighted by Crippen LogP contribution is -2.08. The molecule has 0 aromatic carbocycles. The van der Waals surface area contributed by atoms with Gasteiger partial charge in [0.05, 0.1) is 12.9 Å². The summed E-state index contributed by atoms with van der Waals surface area (Å²) in [5.41, 5.74) is 7.14. The topological polar surface area (TPSA) is 63.5 Å². The number of allylic oxidation sites excluding steroid dienone is 2. The highest BCUT2D eigenvalue weighted by atomic mass is 16.3. The minimum absolute atomic E-state index is 0.253. The second kappa shape index (κ2) is 5.24. The van der Waals surface area contributed by atoms with Crippen molar-refractivity contribution < 1.29 is 4.42 Å². The Labute approximate surface area is 83.5 Å². The molecule has 1 rings (SSSR count). The number of nitrogens with zero attached hydrogens (tertiary/aromatic N) is 1. The molecule has 0 radical (unpaired) electrons. The van der Waals surface area contributed by atoms with Crippen molar-refractivity contribution in [2.24, 2.45) is 10.7 Å². The first-order valence-electron chi connectivity index (χ1n) is 4.42. The van der Waals surface area contributed by atoms with Gasteiger partial charge in [0.15, 0.2) is 5.76 Å². The van der Waals surface area contributed by atoms with E-state index in [-0.39, 0.29) is 6.67 Å². The molecule has 3 N–H and O–H groups in total. The lowest BCUT2D eigenvalue weighted by atomic mass is 10.2. The standard InChI is InChI=1S/C10H15N3O/c1-8(12-2)6-9(13-7-11)10-4-3-5-14-10/h3-6,12H,7,11H2,1-2H3/b8-6-,13-9+. The predicted octanol–water partition coefficient (Wildman–Crippen LogP) is 1.11. The molecule has 0 amide bonds. The first-order chi connectivity index (χ1) is 6.77. The molecule has 76 valence electrons. The van der Waals surface area contributed by atoms with Gasteiger partial charge in [-0.25, -0.2) is 0 Å². The van der Waals surface area contributed by atoms with E-state index in [9.17, 15) is 0 Å². The van der Waals surface area contributed by atoms with Crippen LogP contribution in [-0.2, 0) is 0 Å². The first-order valence-corrected chi connectivity index (χ1v) is 4.42. The number of rotatable bonds is 4. The minimum Gasteiger partial charge on any atom is -0.463 e. The van der Waals surface area contributed by atoms with Crippen molar-refractivity contribution in [2.75, 3.05) is 13.7 Å². The van der Waals surface area contributed by atoms with Crippen molar-refractivity contribution in [2.45, 2.75) is 6.92 Å². The smallest absolute Gasteiger partial charge is 0.151 e. The summed E-state index contributed by atoms with van der Waals surface area (Å²) in [6.07, 6.45) is 3.51. The normalized spacial score (nSPS) is 13.1. The summed E-state index contributed by atoms with van der Waals surface area (Å²) >= 11 is 0. The van der Waals surface area contributed by atoms with Gasteiger partial charge < -0.3 is 15.5 Å². The molecule has 4 heteroatoms. The largest absolute Gasteiger partial charge is 0.463 e. The number of hydrogen-bond donors (Lipinski definition) is 2. The first kappa shape index (κ1) is 10.5. The Bertz CT molecular complexity index is 325. The fourth-order valence-corrected chi connectivity index (χ4v) is 0.995. The Kier molecular flexibility index (Phi) is 3.94. The molecular weight excluding hydrogens is 178 g/mol. The molecule has 1 aromatic rings. The second-order valence-corrected chi connectivity index (χ2v) is 2.78. The summed E-state index contributed by atoms with van der Waals surface area (Å²) < 4.78 is 5.23. The highest BCUT2D eigenvalue weighted by Gasteiger charge is 2.02. The maximum absolute atomic E-state index is 5.37. The van der Waals surface area contributed by atoms with Gasteiger partial charge in [-0.1, -0.05) is 0 Å². The van der Waals surface area contributed by atoms with E-state index >= 15 is 0 Å². The van der Waals surface area contributed by atoms with Crippen LogP contribution in [0.5, 0.6) is 0 Å². The van der Waals surface area contributed by atoms with Crippen LogP contribution in [0.2, 0.25) is 0 Å². The summed E-state index contributed by atoms with van der Waals surface area (Å²) in [7, 11) is 1.86. The number of aliphatic imine (C=N–C) groups is 1. The molecule has 1 aromatic heterocycles. The van der Waals surface area contributed by atoms with Crippen LogP contribution >= 0.6 is 0 Å². The number of nitrogens with one attached hydrogen (secondary N) is 1. The van der Waals surface area contributed by atoms with Crippen molar-refractivity contribution in [3.63, 3.8) is 0 Å². The third-order valence-corrected chi connectivity index (χ3v) is 1.78. The zero-order chi connectivity index (χ0) is 10.4. The maximum atomic E-state index is 5.37. The zero-order valence-electron chi connectivity index (χ0n) is 8.45. The molecule has 0 fully saturated rings. The highest BCUT2D eigenvalue weighted by molar-refractivity contribution is 6.07. The third-order valence-electron chi connectivity index (χ3n) is 1.78. The van der Waals surface area contributed by atoms with Crippen molar-refractivity contribution in [1.29, 1.82) is 0 Å². The van der Waals surface area contributed by atoms with E-state index in [1.165, 1.54) is 0 Å². The van der Waals surface area contributed by atoms with Crippen molar-refractivity contribution in [1.82, 2.24) is 5.32 Å². The zero-order valence-corrected chi connectivity index (χ0v) is 8.45. The summed E-state index contributed by atoms with van der Waals surface area (Å²) in [5, 5.41) is 3.01. The van der Waals surface area contributed by atoms with E-state index in [0.717, 1.165) is 17.2 Å².